The summed E-state index contributed by atoms with van der Waals surface area (Å²) in [6.07, 6.45) is 1.57. The van der Waals surface area contributed by atoms with Crippen LogP contribution in [0, 0.1) is 0 Å². The highest BCUT2D eigenvalue weighted by molar-refractivity contribution is 7.99. The van der Waals surface area contributed by atoms with E-state index in [2.05, 4.69) is 10.3 Å². The molecule has 1 aromatic heterocycles. The minimum Gasteiger partial charge on any atom is -0.480 e. The second-order valence-electron chi connectivity index (χ2n) is 4.67. The molecule has 0 radical (unpaired) electrons. The lowest BCUT2D eigenvalue weighted by Crippen LogP contribution is -2.43. The molecule has 0 bridgehead atoms. The molecule has 108 valence electrons. The number of urea groups is 1. The molecule has 0 unspecified atom stereocenters. The van der Waals surface area contributed by atoms with Crippen LogP contribution in [0.15, 0.2) is 36.5 Å². The number of aromatic nitrogens is 1. The molecule has 1 fully saturated rings. The second kappa shape index (κ2) is 5.61. The van der Waals surface area contributed by atoms with Crippen molar-refractivity contribution < 1.29 is 14.7 Å². The molecule has 1 aliphatic rings. The van der Waals surface area contributed by atoms with Crippen LogP contribution in [0.1, 0.15) is 0 Å². The summed E-state index contributed by atoms with van der Waals surface area (Å²) in [6.45, 7) is 0. The van der Waals surface area contributed by atoms with Gasteiger partial charge >= 0.3 is 12.0 Å². The number of carboxylic acid groups (broad SMARTS) is 1. The average Bonchev–Trinajstić information content (AvgIpc) is 2.97. The fourth-order valence-corrected chi connectivity index (χ4v) is 3.33. The number of rotatable bonds is 2. The van der Waals surface area contributed by atoms with E-state index in [0.717, 1.165) is 10.9 Å². The molecule has 2 amide bonds. The number of aliphatic carboxylic acids is 1. The number of benzene rings is 1. The van der Waals surface area contributed by atoms with Crippen LogP contribution in [-0.4, -0.2) is 44.7 Å². The molecule has 1 aliphatic heterocycles. The van der Waals surface area contributed by atoms with E-state index >= 15 is 0 Å². The van der Waals surface area contributed by atoms with Gasteiger partial charge in [0.2, 0.25) is 0 Å². The monoisotopic (exact) mass is 303 g/mol. The summed E-state index contributed by atoms with van der Waals surface area (Å²) in [5.74, 6) is -0.186. The maximum absolute atomic E-state index is 12.2. The molecule has 2 aromatic rings. The summed E-state index contributed by atoms with van der Waals surface area (Å²) in [5, 5.41) is 12.7. The Kier molecular flexibility index (Phi) is 3.66. The van der Waals surface area contributed by atoms with E-state index in [-0.39, 0.29) is 0 Å². The Labute approximate surface area is 125 Å². The molecule has 2 heterocycles. The highest BCUT2D eigenvalue weighted by Crippen LogP contribution is 2.23. The number of hydrogen-bond donors (Lipinski definition) is 2. The molecule has 21 heavy (non-hydrogen) atoms. The number of anilines is 1. The number of nitrogens with one attached hydrogen (secondary N) is 1. The van der Waals surface area contributed by atoms with E-state index in [1.54, 1.807) is 6.20 Å². The number of nitrogens with zero attached hydrogens (tertiary/aromatic N) is 2. The van der Waals surface area contributed by atoms with Crippen LogP contribution in [0.25, 0.3) is 10.9 Å². The van der Waals surface area contributed by atoms with Gasteiger partial charge in [0.1, 0.15) is 6.04 Å². The van der Waals surface area contributed by atoms with Gasteiger partial charge in [0.15, 0.2) is 0 Å². The minimum atomic E-state index is -0.980. The first kappa shape index (κ1) is 13.7. The standard InChI is InChI=1S/C14H13N3O3S/c18-13(19)12-7-21-8-17(12)14(20)16-10-5-9-3-1-2-4-11(9)15-6-10/h1-6,12H,7-8H2,(H,16,20)(H,18,19)/t12-/m0/s1. The lowest BCUT2D eigenvalue weighted by molar-refractivity contribution is -0.140. The molecule has 0 aliphatic carbocycles. The van der Waals surface area contributed by atoms with Gasteiger partial charge in [0.05, 0.1) is 23.3 Å². The third-order valence-electron chi connectivity index (χ3n) is 3.27. The number of carbonyl (C=O) groups is 2. The molecule has 1 atom stereocenters. The van der Waals surface area contributed by atoms with Crippen molar-refractivity contribution in [2.45, 2.75) is 6.04 Å². The summed E-state index contributed by atoms with van der Waals surface area (Å²) in [4.78, 5) is 28.9. The third-order valence-corrected chi connectivity index (χ3v) is 4.28. The number of carboxylic acids is 1. The van der Waals surface area contributed by atoms with Crippen molar-refractivity contribution >= 4 is 40.4 Å². The summed E-state index contributed by atoms with van der Waals surface area (Å²) in [5.41, 5.74) is 1.40. The highest BCUT2D eigenvalue weighted by atomic mass is 32.2. The fraction of sp³-hybridized carbons (Fsp3) is 0.214. The van der Waals surface area contributed by atoms with Gasteiger partial charge in [-0.2, -0.15) is 0 Å². The van der Waals surface area contributed by atoms with E-state index in [1.807, 2.05) is 30.3 Å². The molecule has 0 saturated carbocycles. The number of carbonyl (C=O) groups excluding carboxylic acids is 1. The first-order valence-electron chi connectivity index (χ1n) is 6.38. The molecule has 6 nitrogen and oxygen atoms in total. The maximum atomic E-state index is 12.2. The van der Waals surface area contributed by atoms with E-state index in [9.17, 15) is 9.59 Å². The number of fused-ring (bicyclic) bond motifs is 1. The fourth-order valence-electron chi connectivity index (χ4n) is 2.18. The Morgan fingerprint density at radius 2 is 2.19 bits per heavy atom. The topological polar surface area (TPSA) is 82.5 Å². The van der Waals surface area contributed by atoms with Gasteiger partial charge in [0, 0.05) is 11.1 Å². The Hall–Kier alpha value is -2.28. The lowest BCUT2D eigenvalue weighted by atomic mass is 10.2. The summed E-state index contributed by atoms with van der Waals surface area (Å²) in [6, 6.07) is 8.22. The van der Waals surface area contributed by atoms with Gasteiger partial charge in [-0.3, -0.25) is 4.98 Å². The molecule has 3 rings (SSSR count). The van der Waals surface area contributed by atoms with Crippen molar-refractivity contribution in [3.05, 3.63) is 36.5 Å². The number of para-hydroxylation sites is 1. The van der Waals surface area contributed by atoms with Crippen LogP contribution in [0.4, 0.5) is 10.5 Å². The lowest BCUT2D eigenvalue weighted by Gasteiger charge is -2.20. The van der Waals surface area contributed by atoms with Crippen molar-refractivity contribution in [1.82, 2.24) is 9.88 Å². The Bertz CT molecular complexity index is 707. The van der Waals surface area contributed by atoms with E-state index < -0.39 is 18.0 Å². The zero-order valence-corrected chi connectivity index (χ0v) is 11.8. The summed E-state index contributed by atoms with van der Waals surface area (Å²) >= 11 is 1.43. The quantitative estimate of drug-likeness (QED) is 0.889. The van der Waals surface area contributed by atoms with Crippen molar-refractivity contribution in [1.29, 1.82) is 0 Å². The zero-order valence-electron chi connectivity index (χ0n) is 11.0. The summed E-state index contributed by atoms with van der Waals surface area (Å²) < 4.78 is 0. The van der Waals surface area contributed by atoms with Crippen molar-refractivity contribution in [2.24, 2.45) is 0 Å². The number of thioether (sulfide) groups is 1. The van der Waals surface area contributed by atoms with Crippen LogP contribution in [0.2, 0.25) is 0 Å². The molecule has 1 saturated heterocycles. The van der Waals surface area contributed by atoms with Gasteiger partial charge in [-0.15, -0.1) is 11.8 Å². The van der Waals surface area contributed by atoms with Gasteiger partial charge in [-0.25, -0.2) is 9.59 Å². The van der Waals surface area contributed by atoms with Crippen LogP contribution in [0.3, 0.4) is 0 Å². The third kappa shape index (κ3) is 2.78. The first-order valence-corrected chi connectivity index (χ1v) is 7.53. The molecule has 7 heteroatoms. The zero-order chi connectivity index (χ0) is 14.8. The largest absolute Gasteiger partial charge is 0.480 e. The number of pyridine rings is 1. The molecular formula is C14H13N3O3S. The van der Waals surface area contributed by atoms with Gasteiger partial charge < -0.3 is 15.3 Å². The molecular weight excluding hydrogens is 290 g/mol. The summed E-state index contributed by atoms with van der Waals surface area (Å²) in [7, 11) is 0. The smallest absolute Gasteiger partial charge is 0.327 e. The van der Waals surface area contributed by atoms with Crippen molar-refractivity contribution in [3.63, 3.8) is 0 Å². The molecule has 1 aromatic carbocycles. The maximum Gasteiger partial charge on any atom is 0.327 e. The van der Waals surface area contributed by atoms with Gasteiger partial charge in [0.25, 0.3) is 0 Å². The van der Waals surface area contributed by atoms with Crippen LogP contribution < -0.4 is 5.32 Å². The number of amides is 2. The van der Waals surface area contributed by atoms with E-state index in [4.69, 9.17) is 5.11 Å². The predicted octanol–water partition coefficient (Wildman–Crippen LogP) is 2.23. The SMILES string of the molecule is O=C(O)[C@@H]1CSCN1C(=O)Nc1cnc2ccccc2c1. The van der Waals surface area contributed by atoms with Crippen LogP contribution in [0.5, 0.6) is 0 Å². The van der Waals surface area contributed by atoms with Gasteiger partial charge in [-0.1, -0.05) is 18.2 Å². The Morgan fingerprint density at radius 3 is 3.00 bits per heavy atom. The van der Waals surface area contributed by atoms with E-state index in [0.29, 0.717) is 17.3 Å². The van der Waals surface area contributed by atoms with Crippen LogP contribution in [-0.2, 0) is 4.79 Å². The van der Waals surface area contributed by atoms with Crippen molar-refractivity contribution in [2.75, 3.05) is 16.9 Å². The normalized spacial score (nSPS) is 17.9. The Balaban J connectivity index is 1.78. The average molecular weight is 303 g/mol. The minimum absolute atomic E-state index is 0.379. The predicted molar refractivity (Wildman–Crippen MR) is 81.3 cm³/mol. The van der Waals surface area contributed by atoms with Gasteiger partial charge in [-0.05, 0) is 12.1 Å². The molecule has 2 N–H and O–H groups in total. The van der Waals surface area contributed by atoms with Crippen molar-refractivity contribution in [3.8, 4) is 0 Å². The highest BCUT2D eigenvalue weighted by Gasteiger charge is 2.34. The van der Waals surface area contributed by atoms with Crippen LogP contribution >= 0.6 is 11.8 Å². The molecule has 0 spiro atoms. The van der Waals surface area contributed by atoms with E-state index in [1.165, 1.54) is 16.7 Å². The second-order valence-corrected chi connectivity index (χ2v) is 5.67. The Morgan fingerprint density at radius 1 is 1.38 bits per heavy atom. The first-order chi connectivity index (χ1) is 10.1. The number of hydrogen-bond acceptors (Lipinski definition) is 4.